The van der Waals surface area contributed by atoms with Crippen LogP contribution in [0.3, 0.4) is 0 Å². The van der Waals surface area contributed by atoms with E-state index in [0.29, 0.717) is 0 Å². The molecule has 0 fully saturated rings. The topological polar surface area (TPSA) is 104 Å². The fourth-order valence-corrected chi connectivity index (χ4v) is 2.28. The maximum Gasteiger partial charge on any atom is 0.248 e. The van der Waals surface area contributed by atoms with Crippen LogP contribution in [0.2, 0.25) is 0 Å². The van der Waals surface area contributed by atoms with E-state index in [9.17, 15) is 22.7 Å². The highest BCUT2D eigenvalue weighted by Crippen LogP contribution is 2.20. The Hall–Kier alpha value is -1.51. The zero-order valence-corrected chi connectivity index (χ0v) is 12.5. The van der Waals surface area contributed by atoms with Crippen molar-refractivity contribution in [3.63, 3.8) is 0 Å². The van der Waals surface area contributed by atoms with E-state index >= 15 is 0 Å². The number of sulfone groups is 1. The molecule has 0 aliphatic rings. The summed E-state index contributed by atoms with van der Waals surface area (Å²) in [7, 11) is -3.36. The fraction of sp³-hybridized carbons (Fsp3) is 0.462. The van der Waals surface area contributed by atoms with Crippen LogP contribution in [0.25, 0.3) is 0 Å². The third-order valence-corrected chi connectivity index (χ3v) is 4.03. The van der Waals surface area contributed by atoms with Crippen LogP contribution in [0, 0.1) is 0 Å². The van der Waals surface area contributed by atoms with Crippen molar-refractivity contribution in [1.29, 1.82) is 0 Å². The Kier molecular flexibility index (Phi) is 5.82. The molecule has 3 atom stereocenters. The minimum absolute atomic E-state index is 0.0725. The van der Waals surface area contributed by atoms with Crippen molar-refractivity contribution >= 4 is 15.7 Å². The van der Waals surface area contributed by atoms with E-state index in [1.165, 1.54) is 31.2 Å². The van der Waals surface area contributed by atoms with Crippen LogP contribution in [0.4, 0.5) is 4.39 Å². The summed E-state index contributed by atoms with van der Waals surface area (Å²) in [6.45, 7) is 0.186. The van der Waals surface area contributed by atoms with E-state index in [1.807, 2.05) is 0 Å². The number of hydrogen-bond donors (Lipinski definition) is 3. The number of benzene rings is 1. The third-order valence-electron chi connectivity index (χ3n) is 2.90. The lowest BCUT2D eigenvalue weighted by Gasteiger charge is -2.22. The van der Waals surface area contributed by atoms with Gasteiger partial charge in [0.2, 0.25) is 5.91 Å². The standard InChI is InChI=1S/C13H18FNO5S/c1-8(16)13(18)15-11(7-14)12(17)9-3-5-10(6-4-9)21(2,19)20/h3-6,8,11-12,16-17H,7H2,1-2H3,(H,15,18)/t8-,11-,12-/m1/s1. The lowest BCUT2D eigenvalue weighted by atomic mass is 10.0. The van der Waals surface area contributed by atoms with Crippen molar-refractivity contribution in [3.8, 4) is 0 Å². The van der Waals surface area contributed by atoms with Gasteiger partial charge in [-0.2, -0.15) is 0 Å². The van der Waals surface area contributed by atoms with Crippen LogP contribution in [-0.2, 0) is 14.6 Å². The molecular formula is C13H18FNO5S. The predicted molar refractivity (Wildman–Crippen MR) is 74.1 cm³/mol. The van der Waals surface area contributed by atoms with Crippen LogP contribution in [-0.4, -0.2) is 49.6 Å². The van der Waals surface area contributed by atoms with Crippen LogP contribution < -0.4 is 5.32 Å². The Morgan fingerprint density at radius 2 is 1.81 bits per heavy atom. The van der Waals surface area contributed by atoms with Gasteiger partial charge >= 0.3 is 0 Å². The third kappa shape index (κ3) is 4.76. The molecule has 0 aliphatic carbocycles. The van der Waals surface area contributed by atoms with Crippen molar-refractivity contribution in [3.05, 3.63) is 29.8 Å². The molecule has 1 amide bonds. The van der Waals surface area contributed by atoms with Crippen LogP contribution in [0.5, 0.6) is 0 Å². The number of nitrogens with one attached hydrogen (secondary N) is 1. The van der Waals surface area contributed by atoms with E-state index in [2.05, 4.69) is 5.32 Å². The van der Waals surface area contributed by atoms with Crippen molar-refractivity contribution in [1.82, 2.24) is 5.32 Å². The van der Waals surface area contributed by atoms with E-state index in [1.54, 1.807) is 0 Å². The molecule has 21 heavy (non-hydrogen) atoms. The number of rotatable bonds is 6. The molecule has 0 heterocycles. The van der Waals surface area contributed by atoms with Gasteiger partial charge in [-0.1, -0.05) is 12.1 Å². The lowest BCUT2D eigenvalue weighted by Crippen LogP contribution is -2.44. The molecule has 0 spiro atoms. The van der Waals surface area contributed by atoms with Gasteiger partial charge in [-0.05, 0) is 24.6 Å². The van der Waals surface area contributed by atoms with Gasteiger partial charge in [0.15, 0.2) is 9.84 Å². The Morgan fingerprint density at radius 1 is 1.29 bits per heavy atom. The van der Waals surface area contributed by atoms with Crippen molar-refractivity contribution in [2.75, 3.05) is 12.9 Å². The number of amides is 1. The number of halogens is 1. The van der Waals surface area contributed by atoms with Gasteiger partial charge in [-0.3, -0.25) is 4.79 Å². The van der Waals surface area contributed by atoms with Crippen molar-refractivity contribution < 1.29 is 27.8 Å². The molecule has 1 rings (SSSR count). The number of hydrogen-bond acceptors (Lipinski definition) is 5. The molecular weight excluding hydrogens is 301 g/mol. The second-order valence-electron chi connectivity index (χ2n) is 4.73. The summed E-state index contributed by atoms with van der Waals surface area (Å²) < 4.78 is 35.6. The van der Waals surface area contributed by atoms with E-state index in [0.717, 1.165) is 6.26 Å². The smallest absolute Gasteiger partial charge is 0.248 e. The Morgan fingerprint density at radius 3 is 2.19 bits per heavy atom. The zero-order chi connectivity index (χ0) is 16.2. The van der Waals surface area contributed by atoms with Gasteiger partial charge in [0, 0.05) is 6.26 Å². The van der Waals surface area contributed by atoms with E-state index in [4.69, 9.17) is 5.11 Å². The van der Waals surface area contributed by atoms with Gasteiger partial charge in [0.1, 0.15) is 18.9 Å². The average molecular weight is 319 g/mol. The van der Waals surface area contributed by atoms with Gasteiger partial charge < -0.3 is 15.5 Å². The maximum atomic E-state index is 12.9. The molecule has 0 radical (unpaired) electrons. The van der Waals surface area contributed by atoms with Gasteiger partial charge in [-0.25, -0.2) is 12.8 Å². The highest BCUT2D eigenvalue weighted by molar-refractivity contribution is 7.90. The summed E-state index contributed by atoms with van der Waals surface area (Å²) in [5.41, 5.74) is 0.260. The van der Waals surface area contributed by atoms with Crippen LogP contribution in [0.15, 0.2) is 29.2 Å². The second-order valence-corrected chi connectivity index (χ2v) is 6.75. The minimum Gasteiger partial charge on any atom is -0.386 e. The van der Waals surface area contributed by atoms with Gasteiger partial charge in [0.05, 0.1) is 10.9 Å². The first-order valence-corrected chi connectivity index (χ1v) is 8.08. The highest BCUT2D eigenvalue weighted by Gasteiger charge is 2.24. The molecule has 0 unspecified atom stereocenters. The molecule has 0 aromatic heterocycles. The molecule has 1 aromatic carbocycles. The monoisotopic (exact) mass is 319 g/mol. The number of alkyl halides is 1. The Labute approximate surface area is 122 Å². The lowest BCUT2D eigenvalue weighted by molar-refractivity contribution is -0.130. The van der Waals surface area contributed by atoms with Crippen LogP contribution in [0.1, 0.15) is 18.6 Å². The summed E-state index contributed by atoms with van der Waals surface area (Å²) in [5.74, 6) is -0.801. The van der Waals surface area contributed by atoms with E-state index < -0.39 is 40.7 Å². The molecule has 6 nitrogen and oxygen atoms in total. The first-order valence-electron chi connectivity index (χ1n) is 6.19. The normalized spacial score (nSPS) is 16.0. The largest absolute Gasteiger partial charge is 0.386 e. The Bertz CT molecular complexity index is 585. The summed E-state index contributed by atoms with van der Waals surface area (Å²) >= 11 is 0. The summed E-state index contributed by atoms with van der Waals surface area (Å²) in [6, 6.07) is 4.05. The Balaban J connectivity index is 2.90. The molecule has 0 aliphatic heterocycles. The zero-order valence-electron chi connectivity index (χ0n) is 11.7. The fourth-order valence-electron chi connectivity index (χ4n) is 1.65. The summed E-state index contributed by atoms with van der Waals surface area (Å²) in [6.07, 6.45) is -1.63. The number of aliphatic hydroxyl groups is 2. The first kappa shape index (κ1) is 17.5. The summed E-state index contributed by atoms with van der Waals surface area (Å²) in [5, 5.41) is 21.3. The quantitative estimate of drug-likeness (QED) is 0.682. The molecule has 118 valence electrons. The molecule has 1 aromatic rings. The van der Waals surface area contributed by atoms with Crippen LogP contribution >= 0.6 is 0 Å². The van der Waals surface area contributed by atoms with Crippen molar-refractivity contribution in [2.45, 2.75) is 30.1 Å². The highest BCUT2D eigenvalue weighted by atomic mass is 32.2. The predicted octanol–water partition coefficient (Wildman–Crippen LogP) is -0.0414. The van der Waals surface area contributed by atoms with Gasteiger partial charge in [-0.15, -0.1) is 0 Å². The molecule has 3 N–H and O–H groups in total. The molecule has 0 saturated carbocycles. The summed E-state index contributed by atoms with van der Waals surface area (Å²) in [4.78, 5) is 11.4. The van der Waals surface area contributed by atoms with Gasteiger partial charge in [0.25, 0.3) is 0 Å². The molecule has 0 saturated heterocycles. The minimum atomic E-state index is -3.36. The number of aliphatic hydroxyl groups excluding tert-OH is 2. The second kappa shape index (κ2) is 6.97. The maximum absolute atomic E-state index is 12.9. The average Bonchev–Trinajstić information content (AvgIpc) is 2.42. The first-order chi connectivity index (χ1) is 9.66. The number of carbonyl (C=O) groups excluding carboxylic acids is 1. The van der Waals surface area contributed by atoms with Crippen molar-refractivity contribution in [2.24, 2.45) is 0 Å². The number of carbonyl (C=O) groups is 1. The molecule has 8 heteroatoms. The SMILES string of the molecule is C[C@@H](O)C(=O)N[C@H](CF)[C@H](O)c1ccc(S(C)(=O)=O)cc1. The molecule has 0 bridgehead atoms. The van der Waals surface area contributed by atoms with E-state index in [-0.39, 0.29) is 10.5 Å².